The number of aliphatic imine (C=N–C) groups is 1. The van der Waals surface area contributed by atoms with Crippen LogP contribution in [0.15, 0.2) is 53.5 Å². The van der Waals surface area contributed by atoms with Crippen molar-refractivity contribution in [1.29, 1.82) is 0 Å². The lowest BCUT2D eigenvalue weighted by molar-refractivity contribution is 0.114. The molecule has 7 heteroatoms. The minimum Gasteiger partial charge on any atom is -0.489 e. The van der Waals surface area contributed by atoms with Gasteiger partial charge in [-0.3, -0.25) is 4.99 Å². The fourth-order valence-electron chi connectivity index (χ4n) is 2.07. The molecule has 0 aliphatic rings. The van der Waals surface area contributed by atoms with Gasteiger partial charge in [-0.15, -0.1) is 0 Å². The summed E-state index contributed by atoms with van der Waals surface area (Å²) in [6.07, 6.45) is 0.0419. The van der Waals surface area contributed by atoms with Crippen molar-refractivity contribution in [2.24, 2.45) is 10.7 Å². The van der Waals surface area contributed by atoms with Gasteiger partial charge in [0.1, 0.15) is 23.5 Å². The Balaban J connectivity index is 1.70. The molecule has 0 saturated heterocycles. The molecule has 0 aromatic heterocycles. The summed E-state index contributed by atoms with van der Waals surface area (Å²) in [5, 5.41) is 13.7. The van der Waals surface area contributed by atoms with Gasteiger partial charge >= 0.3 is 0 Å². The van der Waals surface area contributed by atoms with Gasteiger partial charge in [-0.05, 0) is 24.1 Å². The molecule has 1 atom stereocenters. The van der Waals surface area contributed by atoms with E-state index in [2.05, 4.69) is 22.4 Å². The fourth-order valence-corrected chi connectivity index (χ4v) is 2.42. The van der Waals surface area contributed by atoms with E-state index in [0.29, 0.717) is 22.3 Å². The van der Waals surface area contributed by atoms with Crippen LogP contribution in [-0.2, 0) is 6.42 Å². The van der Waals surface area contributed by atoms with Crippen molar-refractivity contribution in [1.82, 2.24) is 5.32 Å². The lowest BCUT2D eigenvalue weighted by atomic mass is 10.1. The summed E-state index contributed by atoms with van der Waals surface area (Å²) in [6, 6.07) is 15.2. The molecular weight excluding hydrogens is 361 g/mol. The molecule has 0 radical (unpaired) electrons. The Hall–Kier alpha value is -1.95. The molecule has 0 amide bonds. The number of benzene rings is 2. The van der Waals surface area contributed by atoms with E-state index in [1.54, 1.807) is 18.2 Å². The molecule has 0 heterocycles. The standard InChI is InChI=1S/C18H21Cl2N3O2/c19-15-7-4-8-16(17(15)20)25-12-14(24)11-23-18(21)22-10-9-13-5-2-1-3-6-13/h1-8,14,24H,9-12H2,(H3,21,22,23). The predicted octanol–water partition coefficient (Wildman–Crippen LogP) is 2.88. The second-order valence-corrected chi connectivity index (χ2v) is 6.19. The van der Waals surface area contributed by atoms with Gasteiger partial charge in [0.05, 0.1) is 11.6 Å². The molecule has 0 aliphatic carbocycles. The number of halogens is 2. The van der Waals surface area contributed by atoms with Crippen LogP contribution in [0.25, 0.3) is 0 Å². The number of ether oxygens (including phenoxy) is 1. The third-order valence-electron chi connectivity index (χ3n) is 3.38. The largest absolute Gasteiger partial charge is 0.489 e. The van der Waals surface area contributed by atoms with Crippen LogP contribution in [0.4, 0.5) is 0 Å². The molecule has 0 saturated carbocycles. The lowest BCUT2D eigenvalue weighted by Crippen LogP contribution is -2.34. The number of guanidine groups is 1. The van der Waals surface area contributed by atoms with E-state index in [0.717, 1.165) is 6.42 Å². The number of rotatable bonds is 8. The summed E-state index contributed by atoms with van der Waals surface area (Å²) in [5.41, 5.74) is 7.00. The Morgan fingerprint density at radius 3 is 2.68 bits per heavy atom. The Morgan fingerprint density at radius 1 is 1.16 bits per heavy atom. The average molecular weight is 382 g/mol. The zero-order chi connectivity index (χ0) is 18.1. The van der Waals surface area contributed by atoms with E-state index in [1.807, 2.05) is 18.2 Å². The third kappa shape index (κ3) is 6.82. The Kier molecular flexibility index (Phi) is 7.85. The van der Waals surface area contributed by atoms with Crippen molar-refractivity contribution >= 4 is 29.2 Å². The van der Waals surface area contributed by atoms with E-state index in [1.165, 1.54) is 5.56 Å². The number of hydrogen-bond donors (Lipinski definition) is 3. The normalized spacial score (nSPS) is 12.7. The van der Waals surface area contributed by atoms with E-state index in [-0.39, 0.29) is 19.1 Å². The van der Waals surface area contributed by atoms with Crippen LogP contribution in [0, 0.1) is 0 Å². The minimum absolute atomic E-state index is 0.0425. The first-order chi connectivity index (χ1) is 12.1. The van der Waals surface area contributed by atoms with Gasteiger partial charge in [0, 0.05) is 6.54 Å². The number of hydrogen-bond acceptors (Lipinski definition) is 3. The molecule has 0 fully saturated rings. The minimum atomic E-state index is -0.801. The van der Waals surface area contributed by atoms with Crippen molar-refractivity contribution in [3.63, 3.8) is 0 Å². The van der Waals surface area contributed by atoms with Gasteiger partial charge in [0.25, 0.3) is 0 Å². The SMILES string of the molecule is NC(=NCC(O)COc1cccc(Cl)c1Cl)NCCc1ccccc1. The smallest absolute Gasteiger partial charge is 0.188 e. The summed E-state index contributed by atoms with van der Waals surface area (Å²) in [7, 11) is 0. The Labute approximate surface area is 157 Å². The first-order valence-corrected chi connectivity index (χ1v) is 8.64. The maximum Gasteiger partial charge on any atom is 0.188 e. The van der Waals surface area contributed by atoms with Gasteiger partial charge in [0.2, 0.25) is 0 Å². The quantitative estimate of drug-likeness (QED) is 0.485. The molecule has 0 spiro atoms. The van der Waals surface area contributed by atoms with Crippen molar-refractivity contribution in [3.05, 3.63) is 64.1 Å². The van der Waals surface area contributed by atoms with E-state index in [4.69, 9.17) is 33.7 Å². The second kappa shape index (κ2) is 10.1. The molecule has 5 nitrogen and oxygen atoms in total. The van der Waals surface area contributed by atoms with Gasteiger partial charge in [-0.1, -0.05) is 59.6 Å². The molecule has 4 N–H and O–H groups in total. The highest BCUT2D eigenvalue weighted by Gasteiger charge is 2.09. The molecule has 2 aromatic rings. The van der Waals surface area contributed by atoms with Crippen molar-refractivity contribution < 1.29 is 9.84 Å². The molecule has 25 heavy (non-hydrogen) atoms. The Bertz CT molecular complexity index is 696. The van der Waals surface area contributed by atoms with Gasteiger partial charge in [-0.25, -0.2) is 0 Å². The first kappa shape index (κ1) is 19.4. The molecule has 134 valence electrons. The summed E-state index contributed by atoms with van der Waals surface area (Å²) >= 11 is 11.9. The van der Waals surface area contributed by atoms with Crippen LogP contribution < -0.4 is 15.8 Å². The maximum atomic E-state index is 9.93. The van der Waals surface area contributed by atoms with Crippen molar-refractivity contribution in [3.8, 4) is 5.75 Å². The summed E-state index contributed by atoms with van der Waals surface area (Å²) in [4.78, 5) is 4.10. The zero-order valence-electron chi connectivity index (χ0n) is 13.7. The number of aliphatic hydroxyl groups is 1. The zero-order valence-corrected chi connectivity index (χ0v) is 15.2. The molecule has 2 rings (SSSR count). The van der Waals surface area contributed by atoms with E-state index >= 15 is 0 Å². The van der Waals surface area contributed by atoms with Gasteiger partial charge in [0.15, 0.2) is 5.96 Å². The third-order valence-corrected chi connectivity index (χ3v) is 4.18. The van der Waals surface area contributed by atoms with Gasteiger partial charge in [-0.2, -0.15) is 0 Å². The summed E-state index contributed by atoms with van der Waals surface area (Å²) in [5.74, 6) is 0.710. The average Bonchev–Trinajstić information content (AvgIpc) is 2.62. The van der Waals surface area contributed by atoms with Crippen molar-refractivity contribution in [2.75, 3.05) is 19.7 Å². The number of nitrogens with two attached hydrogens (primary N) is 1. The lowest BCUT2D eigenvalue weighted by Gasteiger charge is -2.12. The summed E-state index contributed by atoms with van der Waals surface area (Å²) in [6.45, 7) is 0.841. The maximum absolute atomic E-state index is 9.93. The highest BCUT2D eigenvalue weighted by atomic mass is 35.5. The van der Waals surface area contributed by atoms with E-state index < -0.39 is 6.10 Å². The summed E-state index contributed by atoms with van der Waals surface area (Å²) < 4.78 is 5.45. The van der Waals surface area contributed by atoms with E-state index in [9.17, 15) is 5.11 Å². The monoisotopic (exact) mass is 381 g/mol. The number of aliphatic hydroxyl groups excluding tert-OH is 1. The van der Waals surface area contributed by atoms with Crippen LogP contribution in [-0.4, -0.2) is 36.9 Å². The topological polar surface area (TPSA) is 79.9 Å². The highest BCUT2D eigenvalue weighted by Crippen LogP contribution is 2.31. The van der Waals surface area contributed by atoms with Crippen LogP contribution in [0.3, 0.4) is 0 Å². The van der Waals surface area contributed by atoms with Crippen LogP contribution in [0.1, 0.15) is 5.56 Å². The van der Waals surface area contributed by atoms with Crippen molar-refractivity contribution in [2.45, 2.75) is 12.5 Å². The fraction of sp³-hybridized carbons (Fsp3) is 0.278. The highest BCUT2D eigenvalue weighted by molar-refractivity contribution is 6.42. The van der Waals surface area contributed by atoms with Crippen LogP contribution in [0.5, 0.6) is 5.75 Å². The Morgan fingerprint density at radius 2 is 1.92 bits per heavy atom. The van der Waals surface area contributed by atoms with Crippen LogP contribution in [0.2, 0.25) is 10.0 Å². The molecule has 0 aliphatic heterocycles. The first-order valence-electron chi connectivity index (χ1n) is 7.89. The number of nitrogens with one attached hydrogen (secondary N) is 1. The van der Waals surface area contributed by atoms with Crippen LogP contribution >= 0.6 is 23.2 Å². The molecule has 2 aromatic carbocycles. The van der Waals surface area contributed by atoms with Gasteiger partial charge < -0.3 is 20.9 Å². The predicted molar refractivity (Wildman–Crippen MR) is 103 cm³/mol. The molecule has 1 unspecified atom stereocenters. The molecule has 0 bridgehead atoms. The number of nitrogens with zero attached hydrogens (tertiary/aromatic N) is 1. The second-order valence-electron chi connectivity index (χ2n) is 5.41. The molecular formula is C18H21Cl2N3O2.